The van der Waals surface area contributed by atoms with Crippen molar-refractivity contribution >= 4 is 50.7 Å². The number of halogens is 3. The molecule has 0 fully saturated rings. The molecule has 3 aromatic carbocycles. The standard InChI is InChI=1S/C28H30Cl2FN3O4S/c1-19(2)16-32-28(36)20(3)33(17-21-9-10-22(29)15-26(21)30)27(35)18-34(24-7-5-4-6-8-24)39(37,38)25-13-11-23(31)12-14-25/h4-15,19-20H,16-18H2,1-3H3,(H,32,36)/t20-/m1/s1. The predicted octanol–water partition coefficient (Wildman–Crippen LogP) is 5.52. The maximum Gasteiger partial charge on any atom is 0.264 e. The Morgan fingerprint density at radius 1 is 0.949 bits per heavy atom. The van der Waals surface area contributed by atoms with E-state index in [4.69, 9.17) is 23.2 Å². The Hall–Kier alpha value is -3.14. The van der Waals surface area contributed by atoms with Crippen molar-refractivity contribution in [3.63, 3.8) is 0 Å². The zero-order valence-electron chi connectivity index (χ0n) is 21.8. The Labute approximate surface area is 238 Å². The molecular weight excluding hydrogens is 564 g/mol. The molecule has 0 aliphatic rings. The van der Waals surface area contributed by atoms with Crippen LogP contribution in [-0.2, 0) is 26.2 Å². The number of hydrogen-bond acceptors (Lipinski definition) is 4. The average molecular weight is 595 g/mol. The first-order chi connectivity index (χ1) is 18.4. The number of nitrogens with zero attached hydrogens (tertiary/aromatic N) is 2. The van der Waals surface area contributed by atoms with E-state index in [2.05, 4.69) is 5.32 Å². The van der Waals surface area contributed by atoms with Crippen molar-refractivity contribution in [3.8, 4) is 0 Å². The first-order valence-electron chi connectivity index (χ1n) is 12.2. The molecule has 39 heavy (non-hydrogen) atoms. The molecule has 2 amide bonds. The SMILES string of the molecule is CC(C)CNC(=O)[C@@H](C)N(Cc1ccc(Cl)cc1Cl)C(=O)CN(c1ccccc1)S(=O)(=O)c1ccc(F)cc1. The monoisotopic (exact) mass is 593 g/mol. The summed E-state index contributed by atoms with van der Waals surface area (Å²) in [5.41, 5.74) is 0.766. The highest BCUT2D eigenvalue weighted by molar-refractivity contribution is 7.92. The molecule has 3 aromatic rings. The van der Waals surface area contributed by atoms with Gasteiger partial charge in [0.2, 0.25) is 11.8 Å². The van der Waals surface area contributed by atoms with Gasteiger partial charge in [-0.1, -0.05) is 61.3 Å². The number of amides is 2. The Kier molecular flexibility index (Phi) is 10.4. The third-order valence-corrected chi connectivity index (χ3v) is 8.31. The van der Waals surface area contributed by atoms with Crippen LogP contribution < -0.4 is 9.62 Å². The van der Waals surface area contributed by atoms with Crippen molar-refractivity contribution in [1.29, 1.82) is 0 Å². The average Bonchev–Trinajstić information content (AvgIpc) is 2.90. The first-order valence-corrected chi connectivity index (χ1v) is 14.4. The fraction of sp³-hybridized carbons (Fsp3) is 0.286. The lowest BCUT2D eigenvalue weighted by atomic mass is 10.1. The van der Waals surface area contributed by atoms with Gasteiger partial charge in [-0.2, -0.15) is 0 Å². The van der Waals surface area contributed by atoms with Crippen molar-refractivity contribution in [2.45, 2.75) is 38.3 Å². The molecule has 0 aliphatic carbocycles. The predicted molar refractivity (Wildman–Crippen MR) is 152 cm³/mol. The number of sulfonamides is 1. The summed E-state index contributed by atoms with van der Waals surface area (Å²) < 4.78 is 41.8. The number of para-hydroxylation sites is 1. The Morgan fingerprint density at radius 3 is 2.18 bits per heavy atom. The number of carbonyl (C=O) groups is 2. The van der Waals surface area contributed by atoms with Gasteiger partial charge in [0, 0.05) is 23.1 Å². The Morgan fingerprint density at radius 2 is 1.59 bits per heavy atom. The maximum atomic E-state index is 13.8. The summed E-state index contributed by atoms with van der Waals surface area (Å²) >= 11 is 12.4. The van der Waals surface area contributed by atoms with Crippen LogP contribution in [0.4, 0.5) is 10.1 Å². The van der Waals surface area contributed by atoms with Crippen LogP contribution in [0.3, 0.4) is 0 Å². The van der Waals surface area contributed by atoms with E-state index in [0.29, 0.717) is 22.2 Å². The van der Waals surface area contributed by atoms with E-state index in [1.807, 2.05) is 13.8 Å². The molecule has 0 bridgehead atoms. The molecule has 3 rings (SSSR count). The second-order valence-corrected chi connectivity index (χ2v) is 12.1. The highest BCUT2D eigenvalue weighted by atomic mass is 35.5. The van der Waals surface area contributed by atoms with Gasteiger partial charge >= 0.3 is 0 Å². The second kappa shape index (κ2) is 13.3. The van der Waals surface area contributed by atoms with Gasteiger partial charge in [0.1, 0.15) is 18.4 Å². The van der Waals surface area contributed by atoms with Gasteiger partial charge in [-0.05, 0) is 66.9 Å². The lowest BCUT2D eigenvalue weighted by Gasteiger charge is -2.32. The molecule has 11 heteroatoms. The van der Waals surface area contributed by atoms with Crippen LogP contribution >= 0.6 is 23.2 Å². The minimum absolute atomic E-state index is 0.0652. The molecule has 0 radical (unpaired) electrons. The molecule has 208 valence electrons. The highest BCUT2D eigenvalue weighted by Gasteiger charge is 2.32. The Bertz CT molecular complexity index is 1400. The van der Waals surface area contributed by atoms with Crippen molar-refractivity contribution in [2.75, 3.05) is 17.4 Å². The van der Waals surface area contributed by atoms with Crippen molar-refractivity contribution in [1.82, 2.24) is 10.2 Å². The molecule has 1 N–H and O–H groups in total. The summed E-state index contributed by atoms with van der Waals surface area (Å²) in [6, 6.07) is 16.3. The van der Waals surface area contributed by atoms with E-state index < -0.39 is 40.2 Å². The molecule has 0 spiro atoms. The van der Waals surface area contributed by atoms with E-state index in [-0.39, 0.29) is 23.0 Å². The number of anilines is 1. The molecule has 7 nitrogen and oxygen atoms in total. The first kappa shape index (κ1) is 30.4. The molecule has 0 unspecified atom stereocenters. The van der Waals surface area contributed by atoms with Crippen molar-refractivity contribution < 1.29 is 22.4 Å². The second-order valence-electron chi connectivity index (χ2n) is 9.37. The molecule has 0 heterocycles. The van der Waals surface area contributed by atoms with Gasteiger partial charge in [-0.15, -0.1) is 0 Å². The normalized spacial score (nSPS) is 12.2. The van der Waals surface area contributed by atoms with E-state index in [1.54, 1.807) is 49.4 Å². The third-order valence-electron chi connectivity index (χ3n) is 5.93. The van der Waals surface area contributed by atoms with Crippen LogP contribution in [0.25, 0.3) is 0 Å². The van der Waals surface area contributed by atoms with E-state index in [9.17, 15) is 22.4 Å². The van der Waals surface area contributed by atoms with Gasteiger partial charge in [-0.25, -0.2) is 12.8 Å². The summed E-state index contributed by atoms with van der Waals surface area (Å²) in [6.45, 7) is 5.18. The number of rotatable bonds is 11. The van der Waals surface area contributed by atoms with E-state index >= 15 is 0 Å². The van der Waals surface area contributed by atoms with Crippen molar-refractivity contribution in [3.05, 3.63) is 94.2 Å². The molecule has 0 aliphatic heterocycles. The zero-order valence-corrected chi connectivity index (χ0v) is 24.1. The molecular formula is C28H30Cl2FN3O4S. The fourth-order valence-electron chi connectivity index (χ4n) is 3.73. The summed E-state index contributed by atoms with van der Waals surface area (Å²) in [7, 11) is -4.28. The van der Waals surface area contributed by atoms with Gasteiger partial charge in [0.05, 0.1) is 10.6 Å². The van der Waals surface area contributed by atoms with E-state index in [1.165, 1.54) is 11.0 Å². The van der Waals surface area contributed by atoms with Crippen LogP contribution in [-0.4, -0.2) is 44.3 Å². The summed E-state index contributed by atoms with van der Waals surface area (Å²) in [4.78, 5) is 27.9. The minimum Gasteiger partial charge on any atom is -0.354 e. The van der Waals surface area contributed by atoms with Crippen molar-refractivity contribution in [2.24, 2.45) is 5.92 Å². The third kappa shape index (κ3) is 7.94. The smallest absolute Gasteiger partial charge is 0.264 e. The summed E-state index contributed by atoms with van der Waals surface area (Å²) in [6.07, 6.45) is 0. The van der Waals surface area contributed by atoms with Crippen LogP contribution in [0.1, 0.15) is 26.3 Å². The van der Waals surface area contributed by atoms with Crippen LogP contribution in [0, 0.1) is 11.7 Å². The lowest BCUT2D eigenvalue weighted by Crippen LogP contribution is -2.51. The highest BCUT2D eigenvalue weighted by Crippen LogP contribution is 2.26. The van der Waals surface area contributed by atoms with Gasteiger partial charge in [0.15, 0.2) is 0 Å². The lowest BCUT2D eigenvalue weighted by molar-refractivity contribution is -0.139. The van der Waals surface area contributed by atoms with Gasteiger partial charge in [0.25, 0.3) is 10.0 Å². The molecule has 0 saturated heterocycles. The maximum absolute atomic E-state index is 13.8. The van der Waals surface area contributed by atoms with E-state index in [0.717, 1.165) is 28.6 Å². The van der Waals surface area contributed by atoms with Crippen LogP contribution in [0.15, 0.2) is 77.7 Å². The van der Waals surface area contributed by atoms with Gasteiger partial charge < -0.3 is 10.2 Å². The number of carbonyl (C=O) groups excluding carboxylic acids is 2. The zero-order chi connectivity index (χ0) is 28.7. The van der Waals surface area contributed by atoms with Crippen LogP contribution in [0.5, 0.6) is 0 Å². The molecule has 0 saturated carbocycles. The quantitative estimate of drug-likeness (QED) is 0.317. The summed E-state index contributed by atoms with van der Waals surface area (Å²) in [5.74, 6) is -1.44. The largest absolute Gasteiger partial charge is 0.354 e. The number of benzene rings is 3. The van der Waals surface area contributed by atoms with Crippen LogP contribution in [0.2, 0.25) is 10.0 Å². The topological polar surface area (TPSA) is 86.8 Å². The number of hydrogen-bond donors (Lipinski definition) is 1. The summed E-state index contributed by atoms with van der Waals surface area (Å²) in [5, 5.41) is 3.53. The Balaban J connectivity index is 2.01. The fourth-order valence-corrected chi connectivity index (χ4v) is 5.61. The molecule has 1 atom stereocenters. The van der Waals surface area contributed by atoms with Gasteiger partial charge in [-0.3, -0.25) is 13.9 Å². The molecule has 0 aromatic heterocycles. The minimum atomic E-state index is -4.28. The number of nitrogens with one attached hydrogen (secondary N) is 1.